The zero-order valence-electron chi connectivity index (χ0n) is 10.7. The van der Waals surface area contributed by atoms with Crippen molar-refractivity contribution in [3.05, 3.63) is 16.1 Å². The highest BCUT2D eigenvalue weighted by atomic mass is 35.5. The van der Waals surface area contributed by atoms with E-state index in [0.29, 0.717) is 5.88 Å². The number of hydrogen-bond donors (Lipinski definition) is 0. The van der Waals surface area contributed by atoms with Crippen LogP contribution < -0.4 is 0 Å². The molecule has 1 aromatic heterocycles. The third-order valence-electron chi connectivity index (χ3n) is 3.53. The van der Waals surface area contributed by atoms with Gasteiger partial charge < -0.3 is 0 Å². The van der Waals surface area contributed by atoms with Gasteiger partial charge in [0.1, 0.15) is 0 Å². The average Bonchev–Trinajstić information content (AvgIpc) is 2.95. The van der Waals surface area contributed by atoms with Crippen LogP contribution in [-0.2, 0) is 12.3 Å². The first-order valence-electron chi connectivity index (χ1n) is 6.44. The highest BCUT2D eigenvalue weighted by Crippen LogP contribution is 2.24. The number of hydrogen-bond acceptors (Lipinski definition) is 3. The Kier molecular flexibility index (Phi) is 4.83. The van der Waals surface area contributed by atoms with Crippen LogP contribution >= 0.6 is 22.9 Å². The summed E-state index contributed by atoms with van der Waals surface area (Å²) in [6.45, 7) is 7.07. The van der Waals surface area contributed by atoms with Gasteiger partial charge in [0, 0.05) is 24.4 Å². The Morgan fingerprint density at radius 2 is 2.41 bits per heavy atom. The molecule has 2 rings (SSSR count). The zero-order valence-corrected chi connectivity index (χ0v) is 12.2. The van der Waals surface area contributed by atoms with E-state index in [1.807, 2.05) is 0 Å². The van der Waals surface area contributed by atoms with Gasteiger partial charge in [0.25, 0.3) is 0 Å². The quantitative estimate of drug-likeness (QED) is 0.762. The molecule has 0 bridgehead atoms. The topological polar surface area (TPSA) is 16.1 Å². The summed E-state index contributed by atoms with van der Waals surface area (Å²) >= 11 is 7.51. The summed E-state index contributed by atoms with van der Waals surface area (Å²) in [4.78, 5) is 7.15. The van der Waals surface area contributed by atoms with Gasteiger partial charge in [0.2, 0.25) is 0 Å². The van der Waals surface area contributed by atoms with Crippen molar-refractivity contribution in [3.8, 4) is 0 Å². The van der Waals surface area contributed by atoms with E-state index in [0.717, 1.165) is 30.6 Å². The maximum atomic E-state index is 5.77. The maximum Gasteiger partial charge on any atom is 0.0941 e. The number of rotatable bonds is 5. The molecular formula is C13H21ClN2S. The van der Waals surface area contributed by atoms with E-state index in [-0.39, 0.29) is 0 Å². The molecule has 2 heterocycles. The molecule has 1 saturated heterocycles. The zero-order chi connectivity index (χ0) is 12.3. The SMILES string of the molecule is CC(C)C1CCCN1CCc1nc(CCl)cs1. The third kappa shape index (κ3) is 3.43. The minimum absolute atomic E-state index is 0.537. The third-order valence-corrected chi connectivity index (χ3v) is 4.76. The molecule has 17 heavy (non-hydrogen) atoms. The second-order valence-electron chi connectivity index (χ2n) is 5.11. The van der Waals surface area contributed by atoms with E-state index in [1.54, 1.807) is 11.3 Å². The van der Waals surface area contributed by atoms with Gasteiger partial charge in [-0.15, -0.1) is 22.9 Å². The van der Waals surface area contributed by atoms with Crippen molar-refractivity contribution in [1.29, 1.82) is 0 Å². The van der Waals surface area contributed by atoms with Crippen LogP contribution in [0, 0.1) is 5.92 Å². The molecular weight excluding hydrogens is 252 g/mol. The van der Waals surface area contributed by atoms with Crippen molar-refractivity contribution >= 4 is 22.9 Å². The van der Waals surface area contributed by atoms with Gasteiger partial charge in [-0.2, -0.15) is 0 Å². The normalized spacial score (nSPS) is 21.5. The van der Waals surface area contributed by atoms with Crippen LogP contribution in [0.15, 0.2) is 5.38 Å². The summed E-state index contributed by atoms with van der Waals surface area (Å²) in [5.74, 6) is 1.31. The second-order valence-corrected chi connectivity index (χ2v) is 6.32. The van der Waals surface area contributed by atoms with E-state index >= 15 is 0 Å². The van der Waals surface area contributed by atoms with Gasteiger partial charge in [0.05, 0.1) is 16.6 Å². The van der Waals surface area contributed by atoms with Crippen LogP contribution in [-0.4, -0.2) is 29.0 Å². The molecule has 0 spiro atoms. The predicted molar refractivity (Wildman–Crippen MR) is 74.8 cm³/mol. The van der Waals surface area contributed by atoms with Gasteiger partial charge >= 0.3 is 0 Å². The fraction of sp³-hybridized carbons (Fsp3) is 0.769. The first-order valence-corrected chi connectivity index (χ1v) is 7.85. The molecule has 2 nitrogen and oxygen atoms in total. The summed E-state index contributed by atoms with van der Waals surface area (Å²) in [5.41, 5.74) is 1.02. The van der Waals surface area contributed by atoms with Crippen LogP contribution in [0.4, 0.5) is 0 Å². The van der Waals surface area contributed by atoms with Crippen molar-refractivity contribution in [1.82, 2.24) is 9.88 Å². The number of thiazole rings is 1. The number of likely N-dealkylation sites (tertiary alicyclic amines) is 1. The molecule has 1 aliphatic heterocycles. The molecule has 1 fully saturated rings. The molecule has 0 aromatic carbocycles. The Bertz CT molecular complexity index is 351. The minimum Gasteiger partial charge on any atom is -0.300 e. The van der Waals surface area contributed by atoms with Gasteiger partial charge in [-0.1, -0.05) is 13.8 Å². The van der Waals surface area contributed by atoms with Crippen molar-refractivity contribution < 1.29 is 0 Å². The summed E-state index contributed by atoms with van der Waals surface area (Å²) in [5, 5.41) is 3.31. The summed E-state index contributed by atoms with van der Waals surface area (Å²) in [6, 6.07) is 0.780. The highest BCUT2D eigenvalue weighted by Gasteiger charge is 2.26. The lowest BCUT2D eigenvalue weighted by atomic mass is 10.0. The van der Waals surface area contributed by atoms with Crippen LogP contribution in [0.25, 0.3) is 0 Å². The van der Waals surface area contributed by atoms with Crippen LogP contribution in [0.3, 0.4) is 0 Å². The molecule has 1 aliphatic rings. The van der Waals surface area contributed by atoms with Crippen LogP contribution in [0.1, 0.15) is 37.4 Å². The Morgan fingerprint density at radius 1 is 1.59 bits per heavy atom. The summed E-state index contributed by atoms with van der Waals surface area (Å²) in [7, 11) is 0. The largest absolute Gasteiger partial charge is 0.300 e. The summed E-state index contributed by atoms with van der Waals surface area (Å²) in [6.07, 6.45) is 3.79. The fourth-order valence-corrected chi connectivity index (χ4v) is 3.66. The smallest absolute Gasteiger partial charge is 0.0941 e. The van der Waals surface area contributed by atoms with Crippen LogP contribution in [0.2, 0.25) is 0 Å². The van der Waals surface area contributed by atoms with E-state index in [9.17, 15) is 0 Å². The van der Waals surface area contributed by atoms with Crippen LogP contribution in [0.5, 0.6) is 0 Å². The molecule has 0 N–H and O–H groups in total. The van der Waals surface area contributed by atoms with E-state index in [4.69, 9.17) is 11.6 Å². The lowest BCUT2D eigenvalue weighted by Gasteiger charge is -2.27. The first-order chi connectivity index (χ1) is 8.20. The van der Waals surface area contributed by atoms with Gasteiger partial charge in [-0.3, -0.25) is 4.90 Å². The van der Waals surface area contributed by atoms with Crippen molar-refractivity contribution in [3.63, 3.8) is 0 Å². The molecule has 0 radical (unpaired) electrons. The second kappa shape index (κ2) is 6.17. The molecule has 1 atom stereocenters. The molecule has 0 saturated carbocycles. The van der Waals surface area contributed by atoms with Crippen molar-refractivity contribution in [2.75, 3.05) is 13.1 Å². The Labute approximate surface area is 113 Å². The Morgan fingerprint density at radius 3 is 3.06 bits per heavy atom. The van der Waals surface area contributed by atoms with E-state index in [1.165, 1.54) is 24.4 Å². The number of alkyl halides is 1. The van der Waals surface area contributed by atoms with E-state index < -0.39 is 0 Å². The van der Waals surface area contributed by atoms with E-state index in [2.05, 4.69) is 29.1 Å². The Hall–Kier alpha value is -0.120. The number of aromatic nitrogens is 1. The minimum atomic E-state index is 0.537. The van der Waals surface area contributed by atoms with Gasteiger partial charge in [-0.05, 0) is 25.3 Å². The molecule has 0 aliphatic carbocycles. The number of halogens is 1. The molecule has 1 aromatic rings. The maximum absolute atomic E-state index is 5.77. The lowest BCUT2D eigenvalue weighted by molar-refractivity contribution is 0.209. The first kappa shape index (κ1) is 13.3. The van der Waals surface area contributed by atoms with Crippen molar-refractivity contribution in [2.45, 2.75) is 45.0 Å². The monoisotopic (exact) mass is 272 g/mol. The summed E-state index contributed by atoms with van der Waals surface area (Å²) < 4.78 is 0. The standard InChI is InChI=1S/C13H21ClN2S/c1-10(2)12-4-3-6-16(12)7-5-13-15-11(8-14)9-17-13/h9-10,12H,3-8H2,1-2H3. The molecule has 0 amide bonds. The fourth-order valence-electron chi connectivity index (χ4n) is 2.65. The molecule has 4 heteroatoms. The predicted octanol–water partition coefficient (Wildman–Crippen LogP) is 3.54. The van der Waals surface area contributed by atoms with Gasteiger partial charge in [0.15, 0.2) is 0 Å². The average molecular weight is 273 g/mol. The number of nitrogens with zero attached hydrogens (tertiary/aromatic N) is 2. The lowest BCUT2D eigenvalue weighted by Crippen LogP contribution is -2.34. The highest BCUT2D eigenvalue weighted by molar-refractivity contribution is 7.09. The van der Waals surface area contributed by atoms with Crippen molar-refractivity contribution in [2.24, 2.45) is 5.92 Å². The Balaban J connectivity index is 1.85. The molecule has 1 unspecified atom stereocenters. The van der Waals surface area contributed by atoms with Gasteiger partial charge in [-0.25, -0.2) is 4.98 Å². The molecule has 96 valence electrons.